The molecule has 1 aliphatic rings. The first kappa shape index (κ1) is 16.7. The number of hydrogen-bond donors (Lipinski definition) is 2. The predicted octanol–water partition coefficient (Wildman–Crippen LogP) is 1.93. The van der Waals surface area contributed by atoms with Crippen LogP contribution in [-0.4, -0.2) is 42.8 Å². The summed E-state index contributed by atoms with van der Waals surface area (Å²) in [5, 5.41) is 12.6. The second kappa shape index (κ2) is 6.60. The van der Waals surface area contributed by atoms with Gasteiger partial charge in [0.2, 0.25) is 0 Å². The Morgan fingerprint density at radius 1 is 1.43 bits per heavy atom. The minimum atomic E-state index is -0.675. The zero-order valence-corrected chi connectivity index (χ0v) is 13.5. The van der Waals surface area contributed by atoms with Crippen LogP contribution in [0.2, 0.25) is 0 Å². The molecular formula is C16H20N2O5. The third-order valence-corrected chi connectivity index (χ3v) is 3.78. The van der Waals surface area contributed by atoms with Gasteiger partial charge < -0.3 is 24.8 Å². The predicted molar refractivity (Wildman–Crippen MR) is 83.0 cm³/mol. The minimum absolute atomic E-state index is 0.00447. The molecule has 23 heavy (non-hydrogen) atoms. The number of urea groups is 1. The molecule has 0 fully saturated rings. The molecule has 2 amide bonds. The van der Waals surface area contributed by atoms with Crippen molar-refractivity contribution in [2.45, 2.75) is 19.9 Å². The van der Waals surface area contributed by atoms with Crippen LogP contribution in [0.5, 0.6) is 11.5 Å². The molecule has 0 saturated heterocycles. The molecule has 0 radical (unpaired) electrons. The second-order valence-corrected chi connectivity index (χ2v) is 5.09. The summed E-state index contributed by atoms with van der Waals surface area (Å²) in [7, 11) is 2.87. The van der Waals surface area contributed by atoms with Crippen LogP contribution in [0.1, 0.15) is 25.5 Å². The van der Waals surface area contributed by atoms with Crippen molar-refractivity contribution in [1.29, 1.82) is 0 Å². The fraction of sp³-hybridized carbons (Fsp3) is 0.375. The smallest absolute Gasteiger partial charge is 0.337 e. The maximum atomic E-state index is 12.2. The molecule has 0 bridgehead atoms. The van der Waals surface area contributed by atoms with Crippen molar-refractivity contribution < 1.29 is 24.2 Å². The number of methoxy groups -OCH3 is 1. The molecule has 0 aliphatic carbocycles. The Morgan fingerprint density at radius 3 is 2.74 bits per heavy atom. The number of allylic oxidation sites excluding steroid dienone is 1. The lowest BCUT2D eigenvalue weighted by Crippen LogP contribution is -2.46. The van der Waals surface area contributed by atoms with Crippen molar-refractivity contribution in [1.82, 2.24) is 10.2 Å². The van der Waals surface area contributed by atoms with Crippen LogP contribution in [0.25, 0.3) is 0 Å². The topological polar surface area (TPSA) is 88.1 Å². The van der Waals surface area contributed by atoms with Gasteiger partial charge in [0.05, 0.1) is 25.3 Å². The number of aromatic hydroxyl groups is 1. The van der Waals surface area contributed by atoms with Crippen molar-refractivity contribution in [3.05, 3.63) is 35.0 Å². The number of nitrogens with zero attached hydrogens (tertiary/aromatic N) is 1. The summed E-state index contributed by atoms with van der Waals surface area (Å²) in [6.45, 7) is 3.87. The number of ether oxygens (including phenoxy) is 2. The van der Waals surface area contributed by atoms with E-state index in [2.05, 4.69) is 5.32 Å². The van der Waals surface area contributed by atoms with E-state index in [1.807, 2.05) is 0 Å². The van der Waals surface area contributed by atoms with Crippen molar-refractivity contribution in [3.63, 3.8) is 0 Å². The Bertz CT molecular complexity index is 668. The van der Waals surface area contributed by atoms with Crippen LogP contribution in [0.3, 0.4) is 0 Å². The molecule has 1 heterocycles. The van der Waals surface area contributed by atoms with E-state index in [0.29, 0.717) is 29.2 Å². The maximum Gasteiger partial charge on any atom is 0.337 e. The average Bonchev–Trinajstić information content (AvgIpc) is 2.54. The highest BCUT2D eigenvalue weighted by atomic mass is 16.5. The highest BCUT2D eigenvalue weighted by molar-refractivity contribution is 5.94. The summed E-state index contributed by atoms with van der Waals surface area (Å²) in [5.74, 6) is -0.236. The van der Waals surface area contributed by atoms with Gasteiger partial charge in [-0.3, -0.25) is 0 Å². The number of phenolic OH excluding ortho intramolecular Hbond substituents is 1. The lowest BCUT2D eigenvalue weighted by molar-refractivity contribution is -0.136. The van der Waals surface area contributed by atoms with Crippen molar-refractivity contribution in [2.75, 3.05) is 20.8 Å². The molecule has 7 nitrogen and oxygen atoms in total. The van der Waals surface area contributed by atoms with Crippen molar-refractivity contribution in [3.8, 4) is 11.5 Å². The number of carbonyl (C=O) groups excluding carboxylic acids is 2. The summed E-state index contributed by atoms with van der Waals surface area (Å²) in [5.41, 5.74) is 1.46. The zero-order valence-electron chi connectivity index (χ0n) is 13.5. The fourth-order valence-electron chi connectivity index (χ4n) is 2.44. The van der Waals surface area contributed by atoms with Gasteiger partial charge in [-0.25, -0.2) is 9.59 Å². The number of amides is 2. The number of carbonyl (C=O) groups is 2. The Morgan fingerprint density at radius 2 is 2.13 bits per heavy atom. The molecule has 124 valence electrons. The van der Waals surface area contributed by atoms with Gasteiger partial charge in [-0.15, -0.1) is 0 Å². The number of benzene rings is 1. The number of rotatable bonds is 4. The molecule has 1 unspecified atom stereocenters. The third-order valence-electron chi connectivity index (χ3n) is 3.78. The molecule has 1 atom stereocenters. The Balaban J connectivity index is 2.53. The van der Waals surface area contributed by atoms with Gasteiger partial charge in [-0.05, 0) is 31.5 Å². The van der Waals surface area contributed by atoms with E-state index in [1.165, 1.54) is 18.1 Å². The first-order valence-electron chi connectivity index (χ1n) is 7.19. The molecule has 0 saturated carbocycles. The first-order valence-corrected chi connectivity index (χ1v) is 7.19. The number of esters is 1. The quantitative estimate of drug-likeness (QED) is 0.828. The molecule has 2 rings (SSSR count). The summed E-state index contributed by atoms with van der Waals surface area (Å²) in [4.78, 5) is 25.6. The molecule has 0 aromatic heterocycles. The van der Waals surface area contributed by atoms with Gasteiger partial charge in [0.15, 0.2) is 11.5 Å². The van der Waals surface area contributed by atoms with Gasteiger partial charge in [0.25, 0.3) is 0 Å². The van der Waals surface area contributed by atoms with Crippen LogP contribution in [0, 0.1) is 0 Å². The van der Waals surface area contributed by atoms with Crippen molar-refractivity contribution in [2.24, 2.45) is 0 Å². The van der Waals surface area contributed by atoms with E-state index < -0.39 is 12.0 Å². The van der Waals surface area contributed by atoms with Gasteiger partial charge >= 0.3 is 12.0 Å². The lowest BCUT2D eigenvalue weighted by Gasteiger charge is -2.33. The number of nitrogens with one attached hydrogen (secondary N) is 1. The van der Waals surface area contributed by atoms with E-state index in [9.17, 15) is 14.7 Å². The highest BCUT2D eigenvalue weighted by Crippen LogP contribution is 2.35. The van der Waals surface area contributed by atoms with Crippen LogP contribution in [-0.2, 0) is 9.53 Å². The number of phenols is 1. The molecule has 0 spiro atoms. The lowest BCUT2D eigenvalue weighted by atomic mass is 9.95. The Kier molecular flexibility index (Phi) is 4.78. The van der Waals surface area contributed by atoms with E-state index in [4.69, 9.17) is 9.47 Å². The molecule has 2 N–H and O–H groups in total. The standard InChI is InChI=1S/C16H20N2O5/c1-5-23-12-8-10(6-7-11(12)19)14-13(15(20)22-4)9(2)18(3)16(21)17-14/h6-8,14,19H,5H2,1-4H3,(H,17,21). The normalized spacial score (nSPS) is 17.8. The Labute approximate surface area is 134 Å². The largest absolute Gasteiger partial charge is 0.504 e. The highest BCUT2D eigenvalue weighted by Gasteiger charge is 2.35. The van der Waals surface area contributed by atoms with Gasteiger partial charge in [-0.1, -0.05) is 6.07 Å². The van der Waals surface area contributed by atoms with Gasteiger partial charge in [0.1, 0.15) is 0 Å². The van der Waals surface area contributed by atoms with Crippen molar-refractivity contribution >= 4 is 12.0 Å². The SMILES string of the molecule is CCOc1cc(C2NC(=O)N(C)C(C)=C2C(=O)OC)ccc1O. The second-order valence-electron chi connectivity index (χ2n) is 5.09. The molecule has 1 aliphatic heterocycles. The average molecular weight is 320 g/mol. The fourth-order valence-corrected chi connectivity index (χ4v) is 2.44. The number of hydrogen-bond acceptors (Lipinski definition) is 5. The summed E-state index contributed by atoms with van der Waals surface area (Å²) in [6, 6.07) is 3.70. The monoisotopic (exact) mass is 320 g/mol. The van der Waals surface area contributed by atoms with E-state index >= 15 is 0 Å². The molecule has 1 aromatic rings. The Hall–Kier alpha value is -2.70. The van der Waals surface area contributed by atoms with Gasteiger partial charge in [-0.2, -0.15) is 0 Å². The van der Waals surface area contributed by atoms with Crippen LogP contribution < -0.4 is 10.1 Å². The molecule has 1 aromatic carbocycles. The van der Waals surface area contributed by atoms with Crippen LogP contribution in [0.15, 0.2) is 29.5 Å². The van der Waals surface area contributed by atoms with E-state index in [0.717, 1.165) is 0 Å². The summed E-state index contributed by atoms with van der Waals surface area (Å²) in [6.07, 6.45) is 0. The minimum Gasteiger partial charge on any atom is -0.504 e. The summed E-state index contributed by atoms with van der Waals surface area (Å²) < 4.78 is 10.2. The van der Waals surface area contributed by atoms with E-state index in [1.54, 1.807) is 33.0 Å². The summed E-state index contributed by atoms with van der Waals surface area (Å²) >= 11 is 0. The molecular weight excluding hydrogens is 300 g/mol. The van der Waals surface area contributed by atoms with E-state index in [-0.39, 0.29) is 11.8 Å². The maximum absolute atomic E-state index is 12.2. The zero-order chi connectivity index (χ0) is 17.1. The first-order chi connectivity index (χ1) is 10.9. The molecule has 7 heteroatoms. The van der Waals surface area contributed by atoms with Crippen LogP contribution >= 0.6 is 0 Å². The van der Waals surface area contributed by atoms with Crippen LogP contribution in [0.4, 0.5) is 4.79 Å². The third kappa shape index (κ3) is 3.08. The van der Waals surface area contributed by atoms with Gasteiger partial charge in [0, 0.05) is 12.7 Å².